The summed E-state index contributed by atoms with van der Waals surface area (Å²) >= 11 is 0. The molecular weight excluding hydrogens is 503 g/mol. The minimum Gasteiger partial charge on any atom is -0.497 e. The molecule has 0 bridgehead atoms. The monoisotopic (exact) mass is 538 g/mol. The zero-order chi connectivity index (χ0) is 28.0. The fraction of sp³-hybridized carbons (Fsp3) is 0.379. The summed E-state index contributed by atoms with van der Waals surface area (Å²) in [5.74, 6) is 0.147. The van der Waals surface area contributed by atoms with Crippen molar-refractivity contribution in [2.24, 2.45) is 5.41 Å². The summed E-state index contributed by atoms with van der Waals surface area (Å²) in [7, 11) is 1.58. The average molecular weight is 539 g/mol. The van der Waals surface area contributed by atoms with Crippen molar-refractivity contribution in [2.75, 3.05) is 51.8 Å². The number of rotatable bonds is 5. The van der Waals surface area contributed by atoms with Crippen molar-refractivity contribution in [2.45, 2.75) is 18.9 Å². The number of benzene rings is 1. The number of urea groups is 1. The fourth-order valence-electron chi connectivity index (χ4n) is 5.49. The van der Waals surface area contributed by atoms with E-state index in [1.807, 2.05) is 18.2 Å². The van der Waals surface area contributed by atoms with E-state index >= 15 is 0 Å². The number of carbonyl (C=O) groups is 2. The Bertz CT molecular complexity index is 1220. The highest BCUT2D eigenvalue weighted by Gasteiger charge is 2.49. The molecule has 3 aliphatic rings. The molecule has 208 valence electrons. The zero-order valence-corrected chi connectivity index (χ0v) is 22.1. The lowest BCUT2D eigenvalue weighted by Crippen LogP contribution is -2.59. The number of nitrogens with zero attached hydrogens (tertiary/aromatic N) is 2. The number of halogens is 1. The molecule has 9 nitrogen and oxygen atoms in total. The lowest BCUT2D eigenvalue weighted by molar-refractivity contribution is 0.0362. The van der Waals surface area contributed by atoms with Crippen LogP contribution in [0.1, 0.15) is 12.8 Å². The number of amides is 3. The predicted molar refractivity (Wildman–Crippen MR) is 146 cm³/mol. The van der Waals surface area contributed by atoms with E-state index in [2.05, 4.69) is 23.8 Å². The molecule has 39 heavy (non-hydrogen) atoms. The predicted octanol–water partition coefficient (Wildman–Crippen LogP) is 3.94. The van der Waals surface area contributed by atoms with E-state index < -0.39 is 29.4 Å². The van der Waals surface area contributed by atoms with E-state index in [0.717, 1.165) is 11.1 Å². The third kappa shape index (κ3) is 5.85. The third-order valence-electron chi connectivity index (χ3n) is 7.44. The minimum absolute atomic E-state index is 0.0409. The third-order valence-corrected chi connectivity index (χ3v) is 7.44. The average Bonchev–Trinajstić information content (AvgIpc) is 3.02. The van der Waals surface area contributed by atoms with Gasteiger partial charge in [-0.25, -0.2) is 14.0 Å². The van der Waals surface area contributed by atoms with Crippen molar-refractivity contribution >= 4 is 17.8 Å². The van der Waals surface area contributed by atoms with Gasteiger partial charge in [0.05, 0.1) is 25.4 Å². The smallest absolute Gasteiger partial charge is 0.410 e. The maximum atomic E-state index is 14.1. The molecule has 10 heteroatoms. The molecule has 0 aromatic heterocycles. The van der Waals surface area contributed by atoms with Crippen LogP contribution in [0, 0.1) is 11.2 Å². The van der Waals surface area contributed by atoms with E-state index in [9.17, 15) is 19.1 Å². The van der Waals surface area contributed by atoms with Gasteiger partial charge in [-0.2, -0.15) is 0 Å². The maximum absolute atomic E-state index is 14.1. The largest absolute Gasteiger partial charge is 0.497 e. The van der Waals surface area contributed by atoms with Gasteiger partial charge in [0, 0.05) is 37.3 Å². The summed E-state index contributed by atoms with van der Waals surface area (Å²) in [6.45, 7) is 9.09. The van der Waals surface area contributed by atoms with E-state index in [0.29, 0.717) is 43.9 Å². The Morgan fingerprint density at radius 1 is 1.28 bits per heavy atom. The van der Waals surface area contributed by atoms with E-state index in [-0.39, 0.29) is 25.4 Å². The van der Waals surface area contributed by atoms with Crippen LogP contribution in [0.2, 0.25) is 0 Å². The Labute approximate surface area is 227 Å². The second-order valence-electron chi connectivity index (χ2n) is 9.71. The molecule has 1 fully saturated rings. The lowest BCUT2D eigenvalue weighted by atomic mass is 9.66. The van der Waals surface area contributed by atoms with Crippen molar-refractivity contribution in [1.29, 1.82) is 0 Å². The zero-order valence-electron chi connectivity index (χ0n) is 22.1. The molecule has 3 heterocycles. The Morgan fingerprint density at radius 2 is 2.03 bits per heavy atom. The van der Waals surface area contributed by atoms with Crippen LogP contribution in [0.3, 0.4) is 0 Å². The molecule has 0 saturated carbocycles. The number of piperidine rings is 1. The molecule has 1 aromatic rings. The Balaban J connectivity index is 1.66. The molecular formula is C29H35FN4O5. The van der Waals surface area contributed by atoms with Gasteiger partial charge in [0.1, 0.15) is 18.2 Å². The van der Waals surface area contributed by atoms with Crippen LogP contribution in [0.4, 0.5) is 19.7 Å². The van der Waals surface area contributed by atoms with E-state index in [4.69, 9.17) is 9.47 Å². The van der Waals surface area contributed by atoms with E-state index in [1.54, 1.807) is 29.0 Å². The summed E-state index contributed by atoms with van der Waals surface area (Å²) in [4.78, 5) is 29.3. The quantitative estimate of drug-likeness (QED) is 0.491. The van der Waals surface area contributed by atoms with Crippen LogP contribution in [0.5, 0.6) is 0 Å². The standard InChI is InChI=1S/C29H35FN4O5/c1-4-17-39-28(37)34-19-29(12-15-33(16-13-29)27(36)32-23-8-6-5-7-22(23)30)25-20(2)9-10-21(38-3)11-14-31-26(25)24(34)18-35/h4-11,24,31,35H,1-2,12-19H2,3H3,(H,32,36)/b10-9-,21-11+/t24-/m0/s1. The molecule has 0 radical (unpaired) electrons. The first kappa shape index (κ1) is 28.0. The Kier molecular flexibility index (Phi) is 8.75. The van der Waals surface area contributed by atoms with Gasteiger partial charge in [-0.05, 0) is 48.3 Å². The van der Waals surface area contributed by atoms with Crippen LogP contribution in [-0.4, -0.2) is 79.6 Å². The van der Waals surface area contributed by atoms with Crippen molar-refractivity contribution in [3.63, 3.8) is 0 Å². The molecule has 1 spiro atoms. The van der Waals surface area contributed by atoms with Gasteiger partial charge in [-0.15, -0.1) is 0 Å². The number of hydrogen-bond acceptors (Lipinski definition) is 6. The van der Waals surface area contributed by atoms with Crippen LogP contribution < -0.4 is 10.6 Å². The van der Waals surface area contributed by atoms with Crippen molar-refractivity contribution in [3.8, 4) is 0 Å². The molecule has 1 saturated heterocycles. The van der Waals surface area contributed by atoms with Gasteiger partial charge in [-0.1, -0.05) is 37.4 Å². The van der Waals surface area contributed by atoms with Crippen LogP contribution in [0.25, 0.3) is 0 Å². The second-order valence-corrected chi connectivity index (χ2v) is 9.71. The Hall–Kier alpha value is -4.05. The van der Waals surface area contributed by atoms with Gasteiger partial charge in [0.2, 0.25) is 0 Å². The molecule has 4 rings (SSSR count). The van der Waals surface area contributed by atoms with Crippen LogP contribution >= 0.6 is 0 Å². The Morgan fingerprint density at radius 3 is 2.69 bits per heavy atom. The van der Waals surface area contributed by atoms with E-state index in [1.165, 1.54) is 18.2 Å². The maximum Gasteiger partial charge on any atom is 0.410 e. The molecule has 0 unspecified atom stereocenters. The van der Waals surface area contributed by atoms with Crippen molar-refractivity contribution in [3.05, 3.63) is 90.1 Å². The number of allylic oxidation sites excluding steroid dienone is 3. The highest BCUT2D eigenvalue weighted by atomic mass is 19.1. The number of fused-ring (bicyclic) bond motifs is 1. The van der Waals surface area contributed by atoms with Crippen molar-refractivity contribution < 1.29 is 28.6 Å². The summed E-state index contributed by atoms with van der Waals surface area (Å²) in [6.07, 6.45) is 7.53. The number of ether oxygens (including phenoxy) is 2. The highest BCUT2D eigenvalue weighted by Crippen LogP contribution is 2.48. The van der Waals surface area contributed by atoms with Gasteiger partial charge < -0.3 is 30.1 Å². The number of anilines is 1. The summed E-state index contributed by atoms with van der Waals surface area (Å²) in [6, 6.07) is 4.96. The molecule has 0 aliphatic carbocycles. The number of hydrogen-bond donors (Lipinski definition) is 3. The summed E-state index contributed by atoms with van der Waals surface area (Å²) < 4.78 is 24.9. The molecule has 3 aliphatic heterocycles. The number of methoxy groups -OCH3 is 1. The van der Waals surface area contributed by atoms with Crippen LogP contribution in [0.15, 0.2) is 84.3 Å². The van der Waals surface area contributed by atoms with Gasteiger partial charge in [0.25, 0.3) is 0 Å². The van der Waals surface area contributed by atoms with Gasteiger partial charge in [-0.3, -0.25) is 4.90 Å². The molecule has 3 amide bonds. The second kappa shape index (κ2) is 12.2. The minimum atomic E-state index is -0.673. The molecule has 3 N–H and O–H groups in total. The first-order valence-electron chi connectivity index (χ1n) is 12.9. The first-order chi connectivity index (χ1) is 18.8. The SMILES string of the molecule is C=CCOC(=O)N1CC2(CCN(C(=O)Nc3ccccc3F)CC2)C2=C(NC/C=C(OC)\C=C/C2=C)[C@@H]1CO. The highest BCUT2D eigenvalue weighted by molar-refractivity contribution is 5.89. The molecule has 1 aromatic carbocycles. The first-order valence-corrected chi connectivity index (χ1v) is 12.9. The van der Waals surface area contributed by atoms with Crippen molar-refractivity contribution in [1.82, 2.24) is 15.1 Å². The lowest BCUT2D eigenvalue weighted by Gasteiger charge is -2.52. The van der Waals surface area contributed by atoms with Gasteiger partial charge in [0.15, 0.2) is 0 Å². The molecule has 1 atom stereocenters. The number of aliphatic hydroxyl groups is 1. The topological polar surface area (TPSA) is 103 Å². The number of para-hydroxylation sites is 1. The van der Waals surface area contributed by atoms with Crippen LogP contribution in [-0.2, 0) is 9.47 Å². The number of carbonyl (C=O) groups excluding carboxylic acids is 2. The normalized spacial score (nSPS) is 22.8. The fourth-order valence-corrected chi connectivity index (χ4v) is 5.49. The summed E-state index contributed by atoms with van der Waals surface area (Å²) in [5, 5.41) is 16.5. The summed E-state index contributed by atoms with van der Waals surface area (Å²) in [5.41, 5.74) is 1.86. The number of nitrogens with one attached hydrogen (secondary N) is 2. The van der Waals surface area contributed by atoms with Gasteiger partial charge >= 0.3 is 12.1 Å². The number of likely N-dealkylation sites (tertiary alicyclic amines) is 1. The number of aliphatic hydroxyl groups excluding tert-OH is 1.